The van der Waals surface area contributed by atoms with Crippen LogP contribution >= 0.6 is 11.8 Å². The van der Waals surface area contributed by atoms with Crippen molar-refractivity contribution < 1.29 is 32.6 Å². The fourth-order valence-corrected chi connectivity index (χ4v) is 5.07. The molecule has 10 heteroatoms. The van der Waals surface area contributed by atoms with Gasteiger partial charge in [0.05, 0.1) is 41.0 Å². The summed E-state index contributed by atoms with van der Waals surface area (Å²) in [6, 6.07) is 11.9. The molecule has 0 spiro atoms. The Hall–Kier alpha value is -2.56. The first-order valence-electron chi connectivity index (χ1n) is 11.0. The third-order valence-corrected chi connectivity index (χ3v) is 7.15. The highest BCUT2D eigenvalue weighted by molar-refractivity contribution is 8.15. The van der Waals surface area contributed by atoms with E-state index < -0.39 is 17.7 Å². The van der Waals surface area contributed by atoms with E-state index in [4.69, 9.17) is 9.57 Å². The van der Waals surface area contributed by atoms with Crippen molar-refractivity contribution in [1.82, 2.24) is 5.06 Å². The minimum absolute atomic E-state index is 0.0229. The number of aliphatic imine (C=N–C) groups is 1. The van der Waals surface area contributed by atoms with Crippen LogP contribution in [0, 0.1) is 0 Å². The molecule has 2 aliphatic heterocycles. The van der Waals surface area contributed by atoms with E-state index in [0.29, 0.717) is 36.1 Å². The molecule has 2 aromatic carbocycles. The zero-order chi connectivity index (χ0) is 24.3. The average Bonchev–Trinajstić information content (AvgIpc) is 3.46. The molecule has 0 bridgehead atoms. The normalized spacial score (nSPS) is 21.9. The van der Waals surface area contributed by atoms with Crippen molar-refractivity contribution in [1.29, 1.82) is 0 Å². The van der Waals surface area contributed by atoms with E-state index in [9.17, 15) is 23.1 Å². The third kappa shape index (κ3) is 5.92. The molecule has 3 unspecified atom stereocenters. The highest BCUT2D eigenvalue weighted by Crippen LogP contribution is 2.34. The number of halogens is 3. The summed E-state index contributed by atoms with van der Waals surface area (Å²) in [5.41, 5.74) is 0.816. The van der Waals surface area contributed by atoms with Crippen LogP contribution in [0.1, 0.15) is 42.5 Å². The van der Waals surface area contributed by atoms with Crippen LogP contribution in [0.15, 0.2) is 53.5 Å². The summed E-state index contributed by atoms with van der Waals surface area (Å²) < 4.78 is 44.3. The molecule has 0 aliphatic carbocycles. The monoisotopic (exact) mass is 494 g/mol. The summed E-state index contributed by atoms with van der Waals surface area (Å²) in [5, 5.41) is 11.7. The molecule has 0 amide bonds. The van der Waals surface area contributed by atoms with Crippen LogP contribution in [0.2, 0.25) is 0 Å². The van der Waals surface area contributed by atoms with Gasteiger partial charge in [0.1, 0.15) is 12.4 Å². The van der Waals surface area contributed by atoms with Gasteiger partial charge in [0.25, 0.3) is 0 Å². The van der Waals surface area contributed by atoms with Crippen LogP contribution in [0.25, 0.3) is 0 Å². The SMILES string of the molecule is CC1N=C(c2ccc(C(F)(F)F)cc2)SC1COc1ccc(C(CC(=O)O)N2CCCO2)cc1. The largest absolute Gasteiger partial charge is 0.492 e. The highest BCUT2D eigenvalue weighted by Gasteiger charge is 2.32. The van der Waals surface area contributed by atoms with E-state index >= 15 is 0 Å². The third-order valence-electron chi connectivity index (χ3n) is 5.76. The molecule has 0 saturated carbocycles. The van der Waals surface area contributed by atoms with E-state index in [1.807, 2.05) is 31.2 Å². The van der Waals surface area contributed by atoms with E-state index in [1.165, 1.54) is 23.9 Å². The molecule has 6 nitrogen and oxygen atoms in total. The Morgan fingerprint density at radius 1 is 1.24 bits per heavy atom. The maximum atomic E-state index is 12.8. The minimum Gasteiger partial charge on any atom is -0.492 e. The van der Waals surface area contributed by atoms with Crippen LogP contribution in [-0.2, 0) is 15.8 Å². The molecule has 34 heavy (non-hydrogen) atoms. The molecule has 182 valence electrons. The fraction of sp³-hybridized carbons (Fsp3) is 0.417. The van der Waals surface area contributed by atoms with Gasteiger partial charge in [0, 0.05) is 12.1 Å². The Morgan fingerprint density at radius 2 is 1.94 bits per heavy atom. The van der Waals surface area contributed by atoms with Crippen molar-refractivity contribution >= 4 is 22.8 Å². The Morgan fingerprint density at radius 3 is 2.53 bits per heavy atom. The summed E-state index contributed by atoms with van der Waals surface area (Å²) in [5.74, 6) is -0.243. The van der Waals surface area contributed by atoms with E-state index in [-0.39, 0.29) is 23.8 Å². The second-order valence-corrected chi connectivity index (χ2v) is 9.46. The number of ether oxygens (including phenoxy) is 1. The number of nitrogens with zero attached hydrogens (tertiary/aromatic N) is 2. The average molecular weight is 495 g/mol. The van der Waals surface area contributed by atoms with Crippen molar-refractivity contribution in [3.8, 4) is 5.75 Å². The lowest BCUT2D eigenvalue weighted by molar-refractivity contribution is -0.159. The maximum absolute atomic E-state index is 12.8. The first-order valence-corrected chi connectivity index (χ1v) is 11.8. The standard InChI is InChI=1S/C24H25F3N2O4S/c1-15-21(34-23(28-15)17-3-7-18(8-4-17)24(25,26)27)14-32-19-9-5-16(6-10-19)20(13-22(30)31)29-11-2-12-33-29/h3-10,15,20-21H,2,11-14H2,1H3,(H,30,31). The number of carbonyl (C=O) groups is 1. The number of hydrogen-bond donors (Lipinski definition) is 1. The van der Waals surface area contributed by atoms with Crippen molar-refractivity contribution in [3.05, 3.63) is 65.2 Å². The first kappa shape index (κ1) is 24.6. The molecule has 1 N–H and O–H groups in total. The van der Waals surface area contributed by atoms with E-state index in [2.05, 4.69) is 4.99 Å². The van der Waals surface area contributed by atoms with Gasteiger partial charge in [-0.25, -0.2) is 0 Å². The van der Waals surface area contributed by atoms with Gasteiger partial charge in [-0.2, -0.15) is 18.2 Å². The zero-order valence-corrected chi connectivity index (χ0v) is 19.3. The fourth-order valence-electron chi connectivity index (χ4n) is 3.89. The quantitative estimate of drug-likeness (QED) is 0.545. The second kappa shape index (κ2) is 10.4. The number of benzene rings is 2. The first-order chi connectivity index (χ1) is 16.2. The van der Waals surface area contributed by atoms with Crippen molar-refractivity contribution in [2.24, 2.45) is 4.99 Å². The lowest BCUT2D eigenvalue weighted by Gasteiger charge is -2.25. The van der Waals surface area contributed by atoms with Gasteiger partial charge in [-0.15, -0.1) is 0 Å². The van der Waals surface area contributed by atoms with Gasteiger partial charge in [-0.05, 0) is 43.2 Å². The Labute approximate surface area is 199 Å². The molecule has 4 rings (SSSR count). The summed E-state index contributed by atoms with van der Waals surface area (Å²) in [4.78, 5) is 21.5. The lowest BCUT2D eigenvalue weighted by Crippen LogP contribution is -2.26. The molecule has 3 atom stereocenters. The zero-order valence-electron chi connectivity index (χ0n) is 18.5. The van der Waals surface area contributed by atoms with Crippen LogP contribution < -0.4 is 4.74 Å². The molecule has 1 saturated heterocycles. The number of carboxylic acids is 1. The summed E-state index contributed by atoms with van der Waals surface area (Å²) in [6.45, 7) is 3.61. The molecular formula is C24H25F3N2O4S. The predicted molar refractivity (Wildman–Crippen MR) is 123 cm³/mol. The number of hydroxylamine groups is 2. The number of hydrogen-bond acceptors (Lipinski definition) is 6. The predicted octanol–water partition coefficient (Wildman–Crippen LogP) is 5.19. The van der Waals surface area contributed by atoms with Crippen molar-refractivity contribution in [2.45, 2.75) is 43.3 Å². The Balaban J connectivity index is 1.34. The van der Waals surface area contributed by atoms with Crippen LogP contribution in [0.5, 0.6) is 5.75 Å². The molecule has 0 aromatic heterocycles. The van der Waals surface area contributed by atoms with Crippen LogP contribution in [0.4, 0.5) is 13.2 Å². The molecule has 2 heterocycles. The summed E-state index contributed by atoms with van der Waals surface area (Å²) in [6.07, 6.45) is -3.55. The van der Waals surface area contributed by atoms with Gasteiger partial charge in [-0.3, -0.25) is 14.6 Å². The number of aliphatic carboxylic acids is 1. The molecular weight excluding hydrogens is 469 g/mol. The molecule has 1 fully saturated rings. The van der Waals surface area contributed by atoms with Gasteiger partial charge >= 0.3 is 12.1 Å². The maximum Gasteiger partial charge on any atom is 0.416 e. The van der Waals surface area contributed by atoms with Gasteiger partial charge in [0.2, 0.25) is 0 Å². The second-order valence-electron chi connectivity index (χ2n) is 8.23. The number of alkyl halides is 3. The smallest absolute Gasteiger partial charge is 0.416 e. The Kier molecular flexibility index (Phi) is 7.49. The number of rotatable bonds is 8. The van der Waals surface area contributed by atoms with E-state index in [1.54, 1.807) is 5.06 Å². The van der Waals surface area contributed by atoms with E-state index in [0.717, 1.165) is 24.1 Å². The van der Waals surface area contributed by atoms with Crippen LogP contribution in [0.3, 0.4) is 0 Å². The van der Waals surface area contributed by atoms with Gasteiger partial charge in [0.15, 0.2) is 0 Å². The summed E-state index contributed by atoms with van der Waals surface area (Å²) >= 11 is 1.49. The van der Waals surface area contributed by atoms with Gasteiger partial charge < -0.3 is 9.84 Å². The Bertz CT molecular complexity index is 1020. The molecule has 2 aromatic rings. The van der Waals surface area contributed by atoms with Crippen LogP contribution in [-0.4, -0.2) is 52.2 Å². The summed E-state index contributed by atoms with van der Waals surface area (Å²) in [7, 11) is 0. The lowest BCUT2D eigenvalue weighted by atomic mass is 10.0. The van der Waals surface area contributed by atoms with Crippen molar-refractivity contribution in [3.63, 3.8) is 0 Å². The molecule has 2 aliphatic rings. The molecule has 0 radical (unpaired) electrons. The van der Waals surface area contributed by atoms with Gasteiger partial charge in [-0.1, -0.05) is 36.0 Å². The topological polar surface area (TPSA) is 71.4 Å². The highest BCUT2D eigenvalue weighted by atomic mass is 32.2. The number of carboxylic acid groups (broad SMARTS) is 1. The van der Waals surface area contributed by atoms with Crippen molar-refractivity contribution in [2.75, 3.05) is 19.8 Å². The minimum atomic E-state index is -4.36. The number of thioether (sulfide) groups is 1.